The van der Waals surface area contributed by atoms with E-state index in [-0.39, 0.29) is 16.6 Å². The fourth-order valence-corrected chi connectivity index (χ4v) is 2.57. The number of carbonyl (C=O) groups is 2. The third-order valence-electron chi connectivity index (χ3n) is 3.83. The normalized spacial score (nSPS) is 10.2. The molecule has 2 aromatic carbocycles. The van der Waals surface area contributed by atoms with Crippen LogP contribution < -0.4 is 15.4 Å². The molecule has 0 atom stereocenters. The maximum absolute atomic E-state index is 12.2. The summed E-state index contributed by atoms with van der Waals surface area (Å²) in [5.74, 6) is -0.164. The molecule has 0 fully saturated rings. The molecule has 1 aromatic heterocycles. The summed E-state index contributed by atoms with van der Waals surface area (Å²) in [5, 5.41) is 23.3. The van der Waals surface area contributed by atoms with Crippen LogP contribution in [0.2, 0.25) is 5.15 Å². The van der Waals surface area contributed by atoms with E-state index in [9.17, 15) is 19.7 Å². The molecule has 0 saturated carbocycles. The Morgan fingerprint density at radius 2 is 1.87 bits per heavy atom. The number of benzene rings is 2. The lowest BCUT2D eigenvalue weighted by molar-refractivity contribution is -0.385. The summed E-state index contributed by atoms with van der Waals surface area (Å²) in [6.45, 7) is 1.75. The van der Waals surface area contributed by atoms with Crippen LogP contribution in [0.5, 0.6) is 11.6 Å². The summed E-state index contributed by atoms with van der Waals surface area (Å²) in [5.41, 5.74) is 0.441. The van der Waals surface area contributed by atoms with Crippen molar-refractivity contribution in [2.45, 2.75) is 6.92 Å². The van der Waals surface area contributed by atoms with E-state index in [1.165, 1.54) is 30.3 Å². The predicted octanol–water partition coefficient (Wildman–Crippen LogP) is 4.10. The number of para-hydroxylation sites is 1. The Balaban J connectivity index is 1.65. The molecule has 11 heteroatoms. The van der Waals surface area contributed by atoms with Crippen molar-refractivity contribution in [1.82, 2.24) is 15.5 Å². The van der Waals surface area contributed by atoms with Gasteiger partial charge >= 0.3 is 6.03 Å². The van der Waals surface area contributed by atoms with Crippen LogP contribution in [0, 0.1) is 17.0 Å². The Bertz CT molecular complexity index is 1120. The molecular weight excluding hydrogens is 414 g/mol. The van der Waals surface area contributed by atoms with Crippen molar-refractivity contribution in [3.63, 3.8) is 0 Å². The number of aryl methyl sites for hydroxylation is 1. The Hall–Kier alpha value is -4.05. The Labute approximate surface area is 175 Å². The van der Waals surface area contributed by atoms with Gasteiger partial charge in [0.05, 0.1) is 4.92 Å². The zero-order valence-corrected chi connectivity index (χ0v) is 16.2. The molecule has 3 amide bonds. The van der Waals surface area contributed by atoms with E-state index in [1.807, 2.05) is 0 Å². The number of aromatic nitrogens is 2. The maximum atomic E-state index is 12.2. The van der Waals surface area contributed by atoms with Gasteiger partial charge in [-0.1, -0.05) is 23.7 Å². The Kier molecular flexibility index (Phi) is 6.18. The van der Waals surface area contributed by atoms with Gasteiger partial charge in [0, 0.05) is 17.8 Å². The molecular formula is C19H14ClN5O5. The van der Waals surface area contributed by atoms with Crippen LogP contribution in [0.25, 0.3) is 0 Å². The molecule has 2 N–H and O–H groups in total. The second-order valence-corrected chi connectivity index (χ2v) is 6.35. The summed E-state index contributed by atoms with van der Waals surface area (Å²) in [7, 11) is 0. The smallest absolute Gasteiger partial charge is 0.326 e. The van der Waals surface area contributed by atoms with Gasteiger partial charge in [-0.2, -0.15) is 0 Å². The Morgan fingerprint density at radius 1 is 1.10 bits per heavy atom. The van der Waals surface area contributed by atoms with Gasteiger partial charge < -0.3 is 10.1 Å². The highest BCUT2D eigenvalue weighted by atomic mass is 35.5. The van der Waals surface area contributed by atoms with Crippen LogP contribution in [-0.2, 0) is 0 Å². The number of nitro benzene ring substituents is 1. The van der Waals surface area contributed by atoms with Gasteiger partial charge in [-0.15, -0.1) is 10.2 Å². The van der Waals surface area contributed by atoms with Crippen LogP contribution in [0.4, 0.5) is 16.2 Å². The third kappa shape index (κ3) is 5.06. The number of ether oxygens (including phenoxy) is 1. The highest BCUT2D eigenvalue weighted by Gasteiger charge is 2.21. The average Bonchev–Trinajstić information content (AvgIpc) is 2.71. The number of urea groups is 1. The first-order valence-corrected chi connectivity index (χ1v) is 8.85. The number of hydrogen-bond donors (Lipinski definition) is 2. The molecule has 3 rings (SSSR count). The minimum atomic E-state index is -0.891. The van der Waals surface area contributed by atoms with Gasteiger partial charge in [0.1, 0.15) is 11.3 Å². The van der Waals surface area contributed by atoms with E-state index in [2.05, 4.69) is 20.8 Å². The lowest BCUT2D eigenvalue weighted by Crippen LogP contribution is -2.34. The standard InChI is InChI=1S/C19H14ClN5O5/c1-11-10-12(6-7-15(11)30-17-9-8-16(20)23-24-17)21-19(27)22-18(26)13-4-2-3-5-14(13)25(28)29/h2-10H,1H3,(H2,21,22,26,27). The highest BCUT2D eigenvalue weighted by molar-refractivity contribution is 6.29. The van der Waals surface area contributed by atoms with Gasteiger partial charge in [-0.25, -0.2) is 4.79 Å². The summed E-state index contributed by atoms with van der Waals surface area (Å²) in [4.78, 5) is 34.6. The quantitative estimate of drug-likeness (QED) is 0.462. The van der Waals surface area contributed by atoms with Gasteiger partial charge in [0.2, 0.25) is 5.88 Å². The van der Waals surface area contributed by atoms with Crippen molar-refractivity contribution in [1.29, 1.82) is 0 Å². The second-order valence-electron chi connectivity index (χ2n) is 5.96. The van der Waals surface area contributed by atoms with Crippen LogP contribution in [0.3, 0.4) is 0 Å². The van der Waals surface area contributed by atoms with E-state index in [0.717, 1.165) is 0 Å². The second kappa shape index (κ2) is 8.97. The molecule has 0 saturated heterocycles. The highest BCUT2D eigenvalue weighted by Crippen LogP contribution is 2.26. The fraction of sp³-hybridized carbons (Fsp3) is 0.0526. The lowest BCUT2D eigenvalue weighted by atomic mass is 10.1. The third-order valence-corrected chi connectivity index (χ3v) is 4.03. The molecule has 152 valence electrons. The average molecular weight is 428 g/mol. The number of imide groups is 1. The minimum absolute atomic E-state index is 0.221. The molecule has 1 heterocycles. The van der Waals surface area contributed by atoms with Crippen LogP contribution in [0.1, 0.15) is 15.9 Å². The Morgan fingerprint density at radius 3 is 2.53 bits per heavy atom. The molecule has 0 radical (unpaired) electrons. The molecule has 10 nitrogen and oxygen atoms in total. The summed E-state index contributed by atoms with van der Waals surface area (Å²) < 4.78 is 5.60. The molecule has 0 bridgehead atoms. The van der Waals surface area contributed by atoms with Crippen LogP contribution >= 0.6 is 11.6 Å². The van der Waals surface area contributed by atoms with Gasteiger partial charge in [-0.3, -0.25) is 20.2 Å². The number of rotatable bonds is 5. The van der Waals surface area contributed by atoms with Gasteiger partial charge in [0.15, 0.2) is 5.15 Å². The van der Waals surface area contributed by atoms with Crippen LogP contribution in [0.15, 0.2) is 54.6 Å². The molecule has 0 aliphatic heterocycles. The number of nitro groups is 1. The molecule has 0 aliphatic rings. The van der Waals surface area contributed by atoms with E-state index in [0.29, 0.717) is 17.0 Å². The number of anilines is 1. The number of carbonyl (C=O) groups excluding carboxylic acids is 2. The van der Waals surface area contributed by atoms with Crippen LogP contribution in [-0.4, -0.2) is 27.1 Å². The molecule has 0 unspecified atom stereocenters. The molecule has 0 spiro atoms. The van der Waals surface area contributed by atoms with E-state index in [1.54, 1.807) is 31.2 Å². The van der Waals surface area contributed by atoms with E-state index < -0.39 is 22.5 Å². The first kappa shape index (κ1) is 20.7. The molecule has 3 aromatic rings. The largest absolute Gasteiger partial charge is 0.437 e. The van der Waals surface area contributed by atoms with Gasteiger partial charge in [0.25, 0.3) is 11.6 Å². The SMILES string of the molecule is Cc1cc(NC(=O)NC(=O)c2ccccc2[N+](=O)[O-])ccc1Oc1ccc(Cl)nn1. The first-order chi connectivity index (χ1) is 14.3. The van der Waals surface area contributed by atoms with Crippen molar-refractivity contribution in [3.8, 4) is 11.6 Å². The van der Waals surface area contributed by atoms with Crippen molar-refractivity contribution in [2.75, 3.05) is 5.32 Å². The number of halogens is 1. The number of amides is 3. The van der Waals surface area contributed by atoms with E-state index in [4.69, 9.17) is 16.3 Å². The lowest BCUT2D eigenvalue weighted by Gasteiger charge is -2.11. The summed E-state index contributed by atoms with van der Waals surface area (Å²) in [6, 6.07) is 12.4. The van der Waals surface area contributed by atoms with Crippen molar-refractivity contribution < 1.29 is 19.2 Å². The topological polar surface area (TPSA) is 136 Å². The molecule has 30 heavy (non-hydrogen) atoms. The number of nitrogens with zero attached hydrogens (tertiary/aromatic N) is 3. The van der Waals surface area contributed by atoms with Crippen molar-refractivity contribution in [2.24, 2.45) is 0 Å². The maximum Gasteiger partial charge on any atom is 0.326 e. The predicted molar refractivity (Wildman–Crippen MR) is 108 cm³/mol. The first-order valence-electron chi connectivity index (χ1n) is 8.47. The number of nitrogens with one attached hydrogen (secondary N) is 2. The fourth-order valence-electron chi connectivity index (χ4n) is 2.47. The minimum Gasteiger partial charge on any atom is -0.437 e. The summed E-state index contributed by atoms with van der Waals surface area (Å²) in [6.07, 6.45) is 0. The van der Waals surface area contributed by atoms with E-state index >= 15 is 0 Å². The van der Waals surface area contributed by atoms with Crippen molar-refractivity contribution in [3.05, 3.63) is 81.0 Å². The zero-order valence-electron chi connectivity index (χ0n) is 15.5. The summed E-state index contributed by atoms with van der Waals surface area (Å²) >= 11 is 5.68. The van der Waals surface area contributed by atoms with Gasteiger partial charge in [-0.05, 0) is 42.8 Å². The molecule has 0 aliphatic carbocycles. The monoisotopic (exact) mass is 427 g/mol. The van der Waals surface area contributed by atoms with Crippen molar-refractivity contribution >= 4 is 34.9 Å². The number of hydrogen-bond acceptors (Lipinski definition) is 7. The zero-order chi connectivity index (χ0) is 21.7.